The molecule has 1 aliphatic heterocycles. The molecule has 2 atom stereocenters. The maximum absolute atomic E-state index is 5.49. The molecule has 14 heavy (non-hydrogen) atoms. The summed E-state index contributed by atoms with van der Waals surface area (Å²) in [7, 11) is 0. The summed E-state index contributed by atoms with van der Waals surface area (Å²) in [4.78, 5) is 8.35. The third kappa shape index (κ3) is 2.01. The fourth-order valence-corrected chi connectivity index (χ4v) is 1.83. The summed E-state index contributed by atoms with van der Waals surface area (Å²) >= 11 is 0. The Hall–Kier alpha value is -1.16. The molecule has 1 fully saturated rings. The standard InChI is InChI=1S/C10H15N3O/c1-7-4-8(2-3-14-7)9-5-13-10(11)6-12-9/h5-8H,2-4H2,1H3,(H2,11,13)/t7-,8-/m1/s1. The minimum atomic E-state index is 0.327. The molecule has 4 heteroatoms. The Kier molecular flexibility index (Phi) is 2.63. The molecule has 0 spiro atoms. The molecule has 1 aromatic heterocycles. The Morgan fingerprint density at radius 2 is 2.29 bits per heavy atom. The molecule has 2 N–H and O–H groups in total. The monoisotopic (exact) mass is 193 g/mol. The molecule has 0 radical (unpaired) electrons. The van der Waals surface area contributed by atoms with Crippen molar-refractivity contribution in [2.24, 2.45) is 0 Å². The minimum Gasteiger partial charge on any atom is -0.382 e. The number of aromatic nitrogens is 2. The largest absolute Gasteiger partial charge is 0.382 e. The number of nitrogens with zero attached hydrogens (tertiary/aromatic N) is 2. The highest BCUT2D eigenvalue weighted by Gasteiger charge is 2.21. The summed E-state index contributed by atoms with van der Waals surface area (Å²) in [6, 6.07) is 0. The van der Waals surface area contributed by atoms with Gasteiger partial charge in [-0.1, -0.05) is 0 Å². The minimum absolute atomic E-state index is 0.327. The van der Waals surface area contributed by atoms with Crippen molar-refractivity contribution in [1.82, 2.24) is 9.97 Å². The van der Waals surface area contributed by atoms with Crippen molar-refractivity contribution in [3.05, 3.63) is 18.1 Å². The van der Waals surface area contributed by atoms with Crippen LogP contribution in [0.4, 0.5) is 5.82 Å². The first-order chi connectivity index (χ1) is 6.75. The van der Waals surface area contributed by atoms with Gasteiger partial charge in [-0.25, -0.2) is 4.98 Å². The van der Waals surface area contributed by atoms with Gasteiger partial charge in [0, 0.05) is 12.5 Å². The summed E-state index contributed by atoms with van der Waals surface area (Å²) in [5.74, 6) is 0.959. The van der Waals surface area contributed by atoms with E-state index in [0.717, 1.165) is 25.1 Å². The number of ether oxygens (including phenoxy) is 1. The van der Waals surface area contributed by atoms with Crippen molar-refractivity contribution in [1.29, 1.82) is 0 Å². The summed E-state index contributed by atoms with van der Waals surface area (Å²) in [5.41, 5.74) is 6.52. The molecule has 1 saturated heterocycles. The second kappa shape index (κ2) is 3.92. The van der Waals surface area contributed by atoms with E-state index in [-0.39, 0.29) is 0 Å². The topological polar surface area (TPSA) is 61.0 Å². The van der Waals surface area contributed by atoms with E-state index in [0.29, 0.717) is 17.8 Å². The van der Waals surface area contributed by atoms with Gasteiger partial charge in [0.25, 0.3) is 0 Å². The van der Waals surface area contributed by atoms with Gasteiger partial charge in [0.15, 0.2) is 0 Å². The van der Waals surface area contributed by atoms with Crippen LogP contribution in [0.3, 0.4) is 0 Å². The maximum atomic E-state index is 5.49. The molecule has 0 unspecified atom stereocenters. The van der Waals surface area contributed by atoms with Gasteiger partial charge in [0.1, 0.15) is 5.82 Å². The zero-order valence-corrected chi connectivity index (χ0v) is 8.31. The van der Waals surface area contributed by atoms with E-state index in [1.807, 2.05) is 0 Å². The lowest BCUT2D eigenvalue weighted by Crippen LogP contribution is -2.22. The van der Waals surface area contributed by atoms with Crippen molar-refractivity contribution in [3.8, 4) is 0 Å². The van der Waals surface area contributed by atoms with Crippen LogP contribution in [0.1, 0.15) is 31.4 Å². The van der Waals surface area contributed by atoms with Crippen molar-refractivity contribution < 1.29 is 4.74 Å². The number of hydrogen-bond donors (Lipinski definition) is 1. The molecule has 0 saturated carbocycles. The Balaban J connectivity index is 2.10. The van der Waals surface area contributed by atoms with E-state index in [4.69, 9.17) is 10.5 Å². The van der Waals surface area contributed by atoms with Gasteiger partial charge < -0.3 is 10.5 Å². The SMILES string of the molecule is C[C@@H]1C[C@H](c2cnc(N)cn2)CCO1. The van der Waals surface area contributed by atoms with Crippen LogP contribution in [0.15, 0.2) is 12.4 Å². The first-order valence-corrected chi connectivity index (χ1v) is 4.94. The Morgan fingerprint density at radius 1 is 1.43 bits per heavy atom. The highest BCUT2D eigenvalue weighted by atomic mass is 16.5. The van der Waals surface area contributed by atoms with Crippen LogP contribution in [0.25, 0.3) is 0 Å². The van der Waals surface area contributed by atoms with Gasteiger partial charge in [0.05, 0.1) is 24.2 Å². The number of nitrogens with two attached hydrogens (primary N) is 1. The molecule has 2 rings (SSSR count). The summed E-state index contributed by atoms with van der Waals surface area (Å²) < 4.78 is 5.48. The normalized spacial score (nSPS) is 27.5. The average Bonchev–Trinajstić information content (AvgIpc) is 2.19. The van der Waals surface area contributed by atoms with Crippen molar-refractivity contribution in [3.63, 3.8) is 0 Å². The Bertz CT molecular complexity index is 299. The van der Waals surface area contributed by atoms with E-state index < -0.39 is 0 Å². The van der Waals surface area contributed by atoms with E-state index in [1.165, 1.54) is 0 Å². The molecular weight excluding hydrogens is 178 g/mol. The van der Waals surface area contributed by atoms with Crippen LogP contribution in [0.2, 0.25) is 0 Å². The molecule has 0 aliphatic carbocycles. The second-order valence-electron chi connectivity index (χ2n) is 3.77. The zero-order chi connectivity index (χ0) is 9.97. The van der Waals surface area contributed by atoms with Gasteiger partial charge in [-0.2, -0.15) is 0 Å². The van der Waals surface area contributed by atoms with Gasteiger partial charge >= 0.3 is 0 Å². The number of anilines is 1. The van der Waals surface area contributed by atoms with Gasteiger partial charge in [-0.3, -0.25) is 4.98 Å². The lowest BCUT2D eigenvalue weighted by atomic mass is 9.93. The summed E-state index contributed by atoms with van der Waals surface area (Å²) in [6.45, 7) is 2.91. The van der Waals surface area contributed by atoms with Crippen molar-refractivity contribution >= 4 is 5.82 Å². The third-order valence-electron chi connectivity index (χ3n) is 2.60. The van der Waals surface area contributed by atoms with Gasteiger partial charge in [0.2, 0.25) is 0 Å². The first-order valence-electron chi connectivity index (χ1n) is 4.94. The molecular formula is C10H15N3O. The zero-order valence-electron chi connectivity index (χ0n) is 8.31. The predicted octanol–water partition coefficient (Wildman–Crippen LogP) is 1.34. The number of nitrogen functional groups attached to an aromatic ring is 1. The Labute approximate surface area is 83.5 Å². The van der Waals surface area contributed by atoms with E-state index in [2.05, 4.69) is 16.9 Å². The highest BCUT2D eigenvalue weighted by Crippen LogP contribution is 2.28. The van der Waals surface area contributed by atoms with Gasteiger partial charge in [-0.15, -0.1) is 0 Å². The van der Waals surface area contributed by atoms with Crippen molar-refractivity contribution in [2.45, 2.75) is 31.8 Å². The fourth-order valence-electron chi connectivity index (χ4n) is 1.83. The quantitative estimate of drug-likeness (QED) is 0.731. The Morgan fingerprint density at radius 3 is 2.93 bits per heavy atom. The highest BCUT2D eigenvalue weighted by molar-refractivity contribution is 5.23. The van der Waals surface area contributed by atoms with E-state index in [1.54, 1.807) is 12.4 Å². The van der Waals surface area contributed by atoms with Crippen LogP contribution in [-0.2, 0) is 4.74 Å². The first kappa shape index (κ1) is 9.40. The molecule has 4 nitrogen and oxygen atoms in total. The van der Waals surface area contributed by atoms with Crippen LogP contribution >= 0.6 is 0 Å². The molecule has 0 bridgehead atoms. The molecule has 1 aliphatic rings. The predicted molar refractivity (Wildman–Crippen MR) is 53.8 cm³/mol. The second-order valence-corrected chi connectivity index (χ2v) is 3.77. The third-order valence-corrected chi connectivity index (χ3v) is 2.60. The molecule has 76 valence electrons. The van der Waals surface area contributed by atoms with Crippen LogP contribution in [-0.4, -0.2) is 22.7 Å². The van der Waals surface area contributed by atoms with Gasteiger partial charge in [-0.05, 0) is 19.8 Å². The average molecular weight is 193 g/mol. The molecule has 0 aromatic carbocycles. The lowest BCUT2D eigenvalue weighted by Gasteiger charge is -2.26. The summed E-state index contributed by atoms with van der Waals surface area (Å²) in [5, 5.41) is 0. The smallest absolute Gasteiger partial charge is 0.141 e. The van der Waals surface area contributed by atoms with E-state index in [9.17, 15) is 0 Å². The molecule has 0 amide bonds. The maximum Gasteiger partial charge on any atom is 0.141 e. The number of rotatable bonds is 1. The van der Waals surface area contributed by atoms with Crippen molar-refractivity contribution in [2.75, 3.05) is 12.3 Å². The fraction of sp³-hybridized carbons (Fsp3) is 0.600. The van der Waals surface area contributed by atoms with Crippen LogP contribution in [0.5, 0.6) is 0 Å². The molecule has 2 heterocycles. The number of hydrogen-bond acceptors (Lipinski definition) is 4. The lowest BCUT2D eigenvalue weighted by molar-refractivity contribution is 0.0179. The summed E-state index contributed by atoms with van der Waals surface area (Å²) in [6.07, 6.45) is 5.78. The van der Waals surface area contributed by atoms with E-state index >= 15 is 0 Å². The van der Waals surface area contributed by atoms with Crippen LogP contribution < -0.4 is 5.73 Å². The molecule has 1 aromatic rings. The van der Waals surface area contributed by atoms with Crippen LogP contribution in [0, 0.1) is 0 Å².